The highest BCUT2D eigenvalue weighted by atomic mass is 32.2. The summed E-state index contributed by atoms with van der Waals surface area (Å²) in [5.74, 6) is 1.26. The first-order valence-corrected chi connectivity index (χ1v) is 16.7. The van der Waals surface area contributed by atoms with Crippen molar-refractivity contribution in [2.45, 2.75) is 57.3 Å². The molecule has 1 aliphatic heterocycles. The minimum atomic E-state index is -3.46. The Morgan fingerprint density at radius 2 is 1.82 bits per heavy atom. The Labute approximate surface area is 262 Å². The smallest absolute Gasteiger partial charge is 0.409 e. The maximum atomic E-state index is 12.8. The fourth-order valence-corrected chi connectivity index (χ4v) is 6.75. The van der Waals surface area contributed by atoms with Gasteiger partial charge in [-0.3, -0.25) is 9.78 Å². The molecule has 11 nitrogen and oxygen atoms in total. The van der Waals surface area contributed by atoms with Gasteiger partial charge in [0.15, 0.2) is 9.84 Å². The summed E-state index contributed by atoms with van der Waals surface area (Å²) in [6, 6.07) is 16.0. The summed E-state index contributed by atoms with van der Waals surface area (Å²) in [7, 11) is -3.46. The molecule has 1 aliphatic carbocycles. The molecule has 2 amide bonds. The third-order valence-corrected chi connectivity index (χ3v) is 9.25. The van der Waals surface area contributed by atoms with Crippen molar-refractivity contribution < 1.29 is 22.7 Å². The number of carbonyl (C=O) groups is 2. The molecule has 3 atom stereocenters. The summed E-state index contributed by atoms with van der Waals surface area (Å²) in [4.78, 5) is 41.9. The van der Waals surface area contributed by atoms with Crippen LogP contribution in [-0.2, 0) is 21.1 Å². The Balaban J connectivity index is 1.18. The van der Waals surface area contributed by atoms with E-state index >= 15 is 0 Å². The van der Waals surface area contributed by atoms with Crippen LogP contribution in [0.4, 0.5) is 10.6 Å². The number of amides is 2. The number of fused-ring (bicyclic) bond motifs is 2. The molecule has 45 heavy (non-hydrogen) atoms. The molecular formula is C33H36N6O5S. The number of pyridine rings is 3. The molecule has 4 aromatic rings. The SMILES string of the molecule is Cc1ccc(C(=O)NCc2cc3nc(-c4cccc(N5CC6CC6C5NC(=O)OC(C)(C)C)n4)ccc3cn2)cc1S(C)(=O)=O. The van der Waals surface area contributed by atoms with Gasteiger partial charge in [-0.2, -0.15) is 0 Å². The maximum Gasteiger partial charge on any atom is 0.409 e. The number of piperidine rings is 1. The van der Waals surface area contributed by atoms with Crippen LogP contribution in [-0.4, -0.2) is 59.9 Å². The third kappa shape index (κ3) is 6.75. The lowest BCUT2D eigenvalue weighted by Gasteiger charge is -2.30. The molecule has 2 aliphatic rings. The van der Waals surface area contributed by atoms with Crippen molar-refractivity contribution in [2.75, 3.05) is 17.7 Å². The number of nitrogens with zero attached hydrogens (tertiary/aromatic N) is 4. The molecule has 12 heteroatoms. The Morgan fingerprint density at radius 1 is 1.04 bits per heavy atom. The molecule has 3 unspecified atom stereocenters. The maximum absolute atomic E-state index is 12.8. The van der Waals surface area contributed by atoms with E-state index in [0.29, 0.717) is 40.0 Å². The van der Waals surface area contributed by atoms with Crippen LogP contribution in [0.3, 0.4) is 0 Å². The zero-order chi connectivity index (χ0) is 32.1. The number of aromatic nitrogens is 3. The number of ether oxygens (including phenoxy) is 1. The van der Waals surface area contributed by atoms with E-state index in [1.54, 1.807) is 25.3 Å². The number of rotatable bonds is 7. The van der Waals surface area contributed by atoms with E-state index in [0.717, 1.165) is 30.4 Å². The second-order valence-corrected chi connectivity index (χ2v) is 14.8. The first-order valence-electron chi connectivity index (χ1n) is 14.8. The van der Waals surface area contributed by atoms with Crippen LogP contribution in [0.15, 0.2) is 65.7 Å². The number of nitrogens with one attached hydrogen (secondary N) is 2. The molecule has 2 N–H and O–H groups in total. The molecule has 2 fully saturated rings. The summed E-state index contributed by atoms with van der Waals surface area (Å²) in [5.41, 5.74) is 2.93. The van der Waals surface area contributed by atoms with Crippen molar-refractivity contribution >= 4 is 38.6 Å². The van der Waals surface area contributed by atoms with Crippen LogP contribution >= 0.6 is 0 Å². The quantitative estimate of drug-likeness (QED) is 0.299. The number of hydrogen-bond donors (Lipinski definition) is 2. The summed E-state index contributed by atoms with van der Waals surface area (Å²) in [6.07, 6.45) is 3.29. The zero-order valence-electron chi connectivity index (χ0n) is 25.9. The summed E-state index contributed by atoms with van der Waals surface area (Å²) in [6.45, 7) is 8.18. The van der Waals surface area contributed by atoms with E-state index in [9.17, 15) is 18.0 Å². The third-order valence-electron chi connectivity index (χ3n) is 8.02. The van der Waals surface area contributed by atoms with Gasteiger partial charge in [-0.25, -0.2) is 23.2 Å². The lowest BCUT2D eigenvalue weighted by Crippen LogP contribution is -2.49. The van der Waals surface area contributed by atoms with Gasteiger partial charge in [0.05, 0.1) is 34.0 Å². The molecule has 6 rings (SSSR count). The topological polar surface area (TPSA) is 143 Å². The molecule has 1 saturated heterocycles. The van der Waals surface area contributed by atoms with Gasteiger partial charge in [-0.1, -0.05) is 12.1 Å². The molecule has 1 saturated carbocycles. The monoisotopic (exact) mass is 628 g/mol. The van der Waals surface area contributed by atoms with Gasteiger partial charge in [-0.15, -0.1) is 0 Å². The second kappa shape index (κ2) is 11.4. The highest BCUT2D eigenvalue weighted by Gasteiger charge is 2.54. The standard InChI is InChI=1S/C33H36N6O5S/c1-19-9-10-20(14-28(19)45(5,42)43)31(40)35-17-23-15-27-21(16-34-23)11-12-26(36-27)25-7-6-8-29(37-25)39-18-22-13-24(22)30(39)38-32(41)44-33(2,3)4/h6-12,14-16,22,24,30H,13,17-18H2,1-5H3,(H,35,40)(H,38,41). The largest absolute Gasteiger partial charge is 0.444 e. The van der Waals surface area contributed by atoms with Gasteiger partial charge in [0.25, 0.3) is 5.91 Å². The molecular weight excluding hydrogens is 592 g/mol. The Kier molecular flexibility index (Phi) is 7.72. The van der Waals surface area contributed by atoms with Gasteiger partial charge in [0.2, 0.25) is 0 Å². The van der Waals surface area contributed by atoms with Crippen LogP contribution in [0.2, 0.25) is 0 Å². The number of alkyl carbamates (subject to hydrolysis) is 1. The van der Waals surface area contributed by atoms with Gasteiger partial charge in [0.1, 0.15) is 17.6 Å². The van der Waals surface area contributed by atoms with Crippen molar-refractivity contribution in [1.29, 1.82) is 0 Å². The van der Waals surface area contributed by atoms with Crippen molar-refractivity contribution in [3.8, 4) is 11.4 Å². The fraction of sp³-hybridized carbons (Fsp3) is 0.364. The Bertz CT molecular complexity index is 1920. The number of aryl methyl sites for hydroxylation is 1. The highest BCUT2D eigenvalue weighted by molar-refractivity contribution is 7.90. The molecule has 1 aromatic carbocycles. The number of benzene rings is 1. The number of hydrogen-bond acceptors (Lipinski definition) is 9. The number of sulfone groups is 1. The summed E-state index contributed by atoms with van der Waals surface area (Å²) >= 11 is 0. The molecule has 0 radical (unpaired) electrons. The van der Waals surface area contributed by atoms with Gasteiger partial charge in [0, 0.05) is 35.9 Å². The van der Waals surface area contributed by atoms with Crippen LogP contribution in [0.1, 0.15) is 48.8 Å². The van der Waals surface area contributed by atoms with E-state index in [-0.39, 0.29) is 23.2 Å². The lowest BCUT2D eigenvalue weighted by molar-refractivity contribution is 0.0500. The van der Waals surface area contributed by atoms with Crippen molar-refractivity contribution in [3.63, 3.8) is 0 Å². The first-order chi connectivity index (χ1) is 21.2. The fourth-order valence-electron chi connectivity index (χ4n) is 5.75. The number of anilines is 1. The van der Waals surface area contributed by atoms with Crippen LogP contribution in [0.25, 0.3) is 22.3 Å². The van der Waals surface area contributed by atoms with E-state index < -0.39 is 27.4 Å². The van der Waals surface area contributed by atoms with Gasteiger partial charge in [-0.05, 0) is 88.1 Å². The minimum Gasteiger partial charge on any atom is -0.444 e. The average molecular weight is 629 g/mol. The van der Waals surface area contributed by atoms with Crippen LogP contribution in [0.5, 0.6) is 0 Å². The first kappa shape index (κ1) is 30.4. The second-order valence-electron chi connectivity index (χ2n) is 12.8. The van der Waals surface area contributed by atoms with E-state index in [1.807, 2.05) is 57.2 Å². The Hall–Kier alpha value is -4.58. The molecule has 234 valence electrons. The van der Waals surface area contributed by atoms with E-state index in [4.69, 9.17) is 14.7 Å². The normalized spacial score (nSPS) is 19.2. The predicted molar refractivity (Wildman–Crippen MR) is 170 cm³/mol. The molecule has 0 bridgehead atoms. The van der Waals surface area contributed by atoms with Crippen LogP contribution in [0, 0.1) is 18.8 Å². The summed E-state index contributed by atoms with van der Waals surface area (Å²) < 4.78 is 29.7. The van der Waals surface area contributed by atoms with Crippen molar-refractivity contribution in [3.05, 3.63) is 77.6 Å². The number of carbonyl (C=O) groups excluding carboxylic acids is 2. The molecule has 4 heterocycles. The van der Waals surface area contributed by atoms with Crippen molar-refractivity contribution in [2.24, 2.45) is 11.8 Å². The predicted octanol–water partition coefficient (Wildman–Crippen LogP) is 4.64. The van der Waals surface area contributed by atoms with Gasteiger partial charge >= 0.3 is 6.09 Å². The Morgan fingerprint density at radius 3 is 2.58 bits per heavy atom. The van der Waals surface area contributed by atoms with E-state index in [2.05, 4.69) is 20.5 Å². The average Bonchev–Trinajstić information content (AvgIpc) is 3.67. The van der Waals surface area contributed by atoms with Crippen molar-refractivity contribution in [1.82, 2.24) is 25.6 Å². The lowest BCUT2D eigenvalue weighted by atomic mass is 10.1. The zero-order valence-corrected chi connectivity index (χ0v) is 26.7. The summed E-state index contributed by atoms with van der Waals surface area (Å²) in [5, 5.41) is 6.71. The highest BCUT2D eigenvalue weighted by Crippen LogP contribution is 2.49. The van der Waals surface area contributed by atoms with Crippen LogP contribution < -0.4 is 15.5 Å². The van der Waals surface area contributed by atoms with Gasteiger partial charge < -0.3 is 20.3 Å². The molecule has 3 aromatic heterocycles. The minimum absolute atomic E-state index is 0.129. The van der Waals surface area contributed by atoms with E-state index in [1.165, 1.54) is 6.07 Å². The molecule has 0 spiro atoms.